The SMILES string of the molecule is COc1ccc(O[C@H](C)C(=O)NCCCc2ccc(OC)c(OC)c2)cc1. The molecule has 6 heteroatoms. The lowest BCUT2D eigenvalue weighted by Gasteiger charge is -2.15. The van der Waals surface area contributed by atoms with Crippen LogP contribution >= 0.6 is 0 Å². The lowest BCUT2D eigenvalue weighted by atomic mass is 10.1. The molecule has 0 unspecified atom stereocenters. The van der Waals surface area contributed by atoms with Gasteiger partial charge in [0.1, 0.15) is 11.5 Å². The number of amides is 1. The van der Waals surface area contributed by atoms with Gasteiger partial charge in [0.15, 0.2) is 17.6 Å². The zero-order valence-electron chi connectivity index (χ0n) is 16.3. The topological polar surface area (TPSA) is 66.0 Å². The molecular weight excluding hydrogens is 346 g/mol. The summed E-state index contributed by atoms with van der Waals surface area (Å²) in [5, 5.41) is 2.90. The van der Waals surface area contributed by atoms with Crippen molar-refractivity contribution in [2.45, 2.75) is 25.9 Å². The van der Waals surface area contributed by atoms with E-state index in [4.69, 9.17) is 18.9 Å². The van der Waals surface area contributed by atoms with Gasteiger partial charge in [-0.2, -0.15) is 0 Å². The molecule has 0 saturated heterocycles. The van der Waals surface area contributed by atoms with Crippen molar-refractivity contribution >= 4 is 5.91 Å². The van der Waals surface area contributed by atoms with Crippen molar-refractivity contribution in [3.05, 3.63) is 48.0 Å². The summed E-state index contributed by atoms with van der Waals surface area (Å²) in [7, 11) is 4.84. The molecule has 0 spiro atoms. The Labute approximate surface area is 160 Å². The van der Waals surface area contributed by atoms with Crippen molar-refractivity contribution < 1.29 is 23.7 Å². The second-order valence-electron chi connectivity index (χ2n) is 6.02. The molecule has 2 aromatic rings. The minimum atomic E-state index is -0.570. The predicted molar refractivity (Wildman–Crippen MR) is 104 cm³/mol. The van der Waals surface area contributed by atoms with Crippen LogP contribution in [0.15, 0.2) is 42.5 Å². The van der Waals surface area contributed by atoms with Crippen LogP contribution < -0.4 is 24.3 Å². The highest BCUT2D eigenvalue weighted by Gasteiger charge is 2.14. The number of rotatable bonds is 10. The molecule has 0 fully saturated rings. The molecule has 0 aromatic heterocycles. The van der Waals surface area contributed by atoms with Gasteiger partial charge in [-0.05, 0) is 61.7 Å². The van der Waals surface area contributed by atoms with Gasteiger partial charge in [-0.1, -0.05) is 6.07 Å². The van der Waals surface area contributed by atoms with Crippen molar-refractivity contribution in [1.82, 2.24) is 5.32 Å². The van der Waals surface area contributed by atoms with E-state index in [0.717, 1.165) is 24.2 Å². The smallest absolute Gasteiger partial charge is 0.260 e. The van der Waals surface area contributed by atoms with E-state index in [1.54, 1.807) is 52.5 Å². The number of carbonyl (C=O) groups excluding carboxylic acids is 1. The predicted octanol–water partition coefficient (Wildman–Crippen LogP) is 3.23. The van der Waals surface area contributed by atoms with Crippen molar-refractivity contribution in [3.8, 4) is 23.0 Å². The van der Waals surface area contributed by atoms with Crippen LogP contribution in [0.25, 0.3) is 0 Å². The van der Waals surface area contributed by atoms with Gasteiger partial charge in [-0.15, -0.1) is 0 Å². The number of nitrogens with one attached hydrogen (secondary N) is 1. The molecule has 1 amide bonds. The fraction of sp³-hybridized carbons (Fsp3) is 0.381. The standard InChI is InChI=1S/C21H27NO5/c1-15(27-18-10-8-17(24-2)9-11-18)21(23)22-13-5-6-16-7-12-19(25-3)20(14-16)26-4/h7-12,14-15H,5-6,13H2,1-4H3,(H,22,23)/t15-/m1/s1. The molecule has 0 saturated carbocycles. The highest BCUT2D eigenvalue weighted by Crippen LogP contribution is 2.27. The molecule has 6 nitrogen and oxygen atoms in total. The Morgan fingerprint density at radius 1 is 0.926 bits per heavy atom. The number of benzene rings is 2. The Balaban J connectivity index is 1.74. The van der Waals surface area contributed by atoms with Gasteiger partial charge in [-0.3, -0.25) is 4.79 Å². The fourth-order valence-corrected chi connectivity index (χ4v) is 2.60. The molecule has 0 aliphatic carbocycles. The van der Waals surface area contributed by atoms with Gasteiger partial charge < -0.3 is 24.3 Å². The molecule has 0 bridgehead atoms. The summed E-state index contributed by atoms with van der Waals surface area (Å²) in [5.41, 5.74) is 1.13. The third-order valence-corrected chi connectivity index (χ3v) is 4.13. The summed E-state index contributed by atoms with van der Waals surface area (Å²) in [5.74, 6) is 2.65. The number of hydrogen-bond acceptors (Lipinski definition) is 5. The minimum Gasteiger partial charge on any atom is -0.497 e. The molecule has 0 aliphatic heterocycles. The Morgan fingerprint density at radius 3 is 2.22 bits per heavy atom. The van der Waals surface area contributed by atoms with E-state index in [0.29, 0.717) is 23.8 Å². The number of carbonyl (C=O) groups is 1. The average Bonchev–Trinajstić information content (AvgIpc) is 2.71. The van der Waals surface area contributed by atoms with Crippen molar-refractivity contribution in [1.29, 1.82) is 0 Å². The van der Waals surface area contributed by atoms with Crippen LogP contribution in [0.5, 0.6) is 23.0 Å². The number of aryl methyl sites for hydroxylation is 1. The second-order valence-corrected chi connectivity index (χ2v) is 6.02. The summed E-state index contributed by atoms with van der Waals surface area (Å²) in [6, 6.07) is 13.0. The first kappa shape index (κ1) is 20.4. The summed E-state index contributed by atoms with van der Waals surface area (Å²) in [6.07, 6.45) is 1.07. The number of ether oxygens (including phenoxy) is 4. The molecule has 2 aromatic carbocycles. The highest BCUT2D eigenvalue weighted by atomic mass is 16.5. The van der Waals surface area contributed by atoms with E-state index in [2.05, 4.69) is 5.32 Å². The lowest BCUT2D eigenvalue weighted by Crippen LogP contribution is -2.36. The maximum atomic E-state index is 12.2. The van der Waals surface area contributed by atoms with Crippen LogP contribution in [0.1, 0.15) is 18.9 Å². The molecule has 0 heterocycles. The normalized spacial score (nSPS) is 11.4. The Morgan fingerprint density at radius 2 is 1.59 bits per heavy atom. The van der Waals surface area contributed by atoms with E-state index >= 15 is 0 Å². The van der Waals surface area contributed by atoms with Gasteiger partial charge in [-0.25, -0.2) is 0 Å². The van der Waals surface area contributed by atoms with Gasteiger partial charge in [0.05, 0.1) is 21.3 Å². The van der Waals surface area contributed by atoms with E-state index in [9.17, 15) is 4.79 Å². The van der Waals surface area contributed by atoms with Crippen LogP contribution in [0.3, 0.4) is 0 Å². The first-order chi connectivity index (χ1) is 13.1. The Hall–Kier alpha value is -2.89. The summed E-state index contributed by atoms with van der Waals surface area (Å²) >= 11 is 0. The van der Waals surface area contributed by atoms with Crippen molar-refractivity contribution in [3.63, 3.8) is 0 Å². The minimum absolute atomic E-state index is 0.141. The van der Waals surface area contributed by atoms with Crippen LogP contribution in [-0.4, -0.2) is 39.9 Å². The fourth-order valence-electron chi connectivity index (χ4n) is 2.60. The molecular formula is C21H27NO5. The molecule has 0 aliphatic rings. The summed E-state index contributed by atoms with van der Waals surface area (Å²) < 4.78 is 21.3. The maximum absolute atomic E-state index is 12.2. The highest BCUT2D eigenvalue weighted by molar-refractivity contribution is 5.80. The number of hydrogen-bond donors (Lipinski definition) is 1. The van der Waals surface area contributed by atoms with Crippen LogP contribution in [-0.2, 0) is 11.2 Å². The Kier molecular flexibility index (Phi) is 7.79. The van der Waals surface area contributed by atoms with E-state index in [1.807, 2.05) is 18.2 Å². The zero-order valence-corrected chi connectivity index (χ0v) is 16.3. The van der Waals surface area contributed by atoms with Crippen molar-refractivity contribution in [2.24, 2.45) is 0 Å². The van der Waals surface area contributed by atoms with Gasteiger partial charge in [0.2, 0.25) is 0 Å². The Bertz CT molecular complexity index is 730. The molecule has 1 atom stereocenters. The molecule has 2 rings (SSSR count). The molecule has 146 valence electrons. The van der Waals surface area contributed by atoms with Crippen LogP contribution in [0.4, 0.5) is 0 Å². The molecule has 1 N–H and O–H groups in total. The van der Waals surface area contributed by atoms with Gasteiger partial charge in [0, 0.05) is 6.54 Å². The second kappa shape index (κ2) is 10.3. The van der Waals surface area contributed by atoms with E-state index < -0.39 is 6.10 Å². The number of methoxy groups -OCH3 is 3. The monoisotopic (exact) mass is 373 g/mol. The first-order valence-electron chi connectivity index (χ1n) is 8.86. The van der Waals surface area contributed by atoms with Crippen molar-refractivity contribution in [2.75, 3.05) is 27.9 Å². The van der Waals surface area contributed by atoms with E-state index in [1.165, 1.54) is 0 Å². The zero-order chi connectivity index (χ0) is 19.6. The molecule has 27 heavy (non-hydrogen) atoms. The summed E-state index contributed by atoms with van der Waals surface area (Å²) in [4.78, 5) is 12.2. The third kappa shape index (κ3) is 6.09. The van der Waals surface area contributed by atoms with Gasteiger partial charge >= 0.3 is 0 Å². The lowest BCUT2D eigenvalue weighted by molar-refractivity contribution is -0.127. The largest absolute Gasteiger partial charge is 0.497 e. The first-order valence-corrected chi connectivity index (χ1v) is 8.86. The van der Waals surface area contributed by atoms with Crippen LogP contribution in [0.2, 0.25) is 0 Å². The third-order valence-electron chi connectivity index (χ3n) is 4.13. The summed E-state index contributed by atoms with van der Waals surface area (Å²) in [6.45, 7) is 2.30. The molecule has 0 radical (unpaired) electrons. The van der Waals surface area contributed by atoms with E-state index in [-0.39, 0.29) is 5.91 Å². The van der Waals surface area contributed by atoms with Crippen LogP contribution in [0, 0.1) is 0 Å². The average molecular weight is 373 g/mol. The van der Waals surface area contributed by atoms with Gasteiger partial charge in [0.25, 0.3) is 5.91 Å². The quantitative estimate of drug-likeness (QED) is 0.648. The maximum Gasteiger partial charge on any atom is 0.260 e.